The van der Waals surface area contributed by atoms with E-state index in [2.05, 4.69) is 15.9 Å². The molecule has 0 fully saturated rings. The first-order valence-electron chi connectivity index (χ1n) is 5.08. The lowest BCUT2D eigenvalue weighted by molar-refractivity contribution is -0.143. The molecule has 5 heteroatoms. The topological polar surface area (TPSA) is 60.4 Å². The van der Waals surface area contributed by atoms with Crippen LogP contribution in [0.4, 0.5) is 0 Å². The van der Waals surface area contributed by atoms with Crippen LogP contribution in [0.5, 0.6) is 0 Å². The summed E-state index contributed by atoms with van der Waals surface area (Å²) in [4.78, 5) is 35.9. The molecule has 1 aliphatic rings. The minimum atomic E-state index is -1.90. The van der Waals surface area contributed by atoms with Crippen molar-refractivity contribution >= 4 is 33.5 Å². The third-order valence-electron chi connectivity index (χ3n) is 2.60. The van der Waals surface area contributed by atoms with E-state index in [1.165, 1.54) is 12.1 Å². The third-order valence-corrected chi connectivity index (χ3v) is 3.64. The first-order valence-corrected chi connectivity index (χ1v) is 5.87. The zero-order valence-electron chi connectivity index (χ0n) is 9.03. The molecule has 0 bridgehead atoms. The summed E-state index contributed by atoms with van der Waals surface area (Å²) in [6.45, 7) is 1.73. The van der Waals surface area contributed by atoms with Crippen LogP contribution < -0.4 is 0 Å². The van der Waals surface area contributed by atoms with E-state index in [1.807, 2.05) is 0 Å². The van der Waals surface area contributed by atoms with E-state index in [4.69, 9.17) is 4.74 Å². The Balaban J connectivity index is 2.52. The Morgan fingerprint density at radius 2 is 1.71 bits per heavy atom. The molecule has 88 valence electrons. The highest BCUT2D eigenvalue weighted by Crippen LogP contribution is 2.37. The van der Waals surface area contributed by atoms with Crippen LogP contribution in [0.1, 0.15) is 27.6 Å². The Kier molecular flexibility index (Phi) is 2.87. The number of carbonyl (C=O) groups excluding carboxylic acids is 3. The summed E-state index contributed by atoms with van der Waals surface area (Å²) < 4.78 is 2.88. The molecule has 0 unspecified atom stereocenters. The minimum Gasteiger partial charge on any atom is -0.464 e. The van der Waals surface area contributed by atoms with Crippen LogP contribution in [-0.4, -0.2) is 28.5 Å². The van der Waals surface area contributed by atoms with Crippen LogP contribution in [0.25, 0.3) is 0 Å². The molecule has 0 spiro atoms. The van der Waals surface area contributed by atoms with E-state index < -0.39 is 21.9 Å². The van der Waals surface area contributed by atoms with Gasteiger partial charge in [-0.15, -0.1) is 0 Å². The molecular weight excluding hydrogens is 288 g/mol. The smallest absolute Gasteiger partial charge is 0.339 e. The number of esters is 1. The Bertz CT molecular complexity index is 486. The van der Waals surface area contributed by atoms with Crippen molar-refractivity contribution in [2.24, 2.45) is 0 Å². The number of hydrogen-bond donors (Lipinski definition) is 0. The number of rotatable bonds is 2. The highest BCUT2D eigenvalue weighted by molar-refractivity contribution is 9.11. The summed E-state index contributed by atoms with van der Waals surface area (Å²) in [7, 11) is 0. The molecular formula is C12H9BrO4. The van der Waals surface area contributed by atoms with Gasteiger partial charge in [0.2, 0.25) is 4.32 Å². The lowest BCUT2D eigenvalue weighted by Crippen LogP contribution is -2.44. The monoisotopic (exact) mass is 296 g/mol. The number of ether oxygens (including phenoxy) is 1. The first-order chi connectivity index (χ1) is 8.03. The Morgan fingerprint density at radius 1 is 1.24 bits per heavy atom. The quantitative estimate of drug-likeness (QED) is 0.474. The fourth-order valence-electron chi connectivity index (χ4n) is 1.77. The highest BCUT2D eigenvalue weighted by atomic mass is 79.9. The Labute approximate surface area is 106 Å². The maximum absolute atomic E-state index is 12.1. The minimum absolute atomic E-state index is 0.114. The molecule has 0 atom stereocenters. The van der Waals surface area contributed by atoms with Gasteiger partial charge in [-0.2, -0.15) is 0 Å². The standard InChI is InChI=1S/C12H9BrO4/c1-2-17-11(16)12(13)9(14)7-5-3-4-6-8(7)10(12)15/h3-6H,2H2,1H3. The van der Waals surface area contributed by atoms with Gasteiger partial charge in [0.15, 0.2) is 11.6 Å². The molecule has 0 radical (unpaired) electrons. The van der Waals surface area contributed by atoms with Gasteiger partial charge >= 0.3 is 5.97 Å². The molecule has 0 heterocycles. The van der Waals surface area contributed by atoms with E-state index >= 15 is 0 Å². The van der Waals surface area contributed by atoms with Crippen molar-refractivity contribution < 1.29 is 19.1 Å². The van der Waals surface area contributed by atoms with E-state index in [0.717, 1.165) is 0 Å². The molecule has 0 aromatic heterocycles. The van der Waals surface area contributed by atoms with E-state index in [1.54, 1.807) is 19.1 Å². The van der Waals surface area contributed by atoms with Gasteiger partial charge < -0.3 is 4.74 Å². The normalized spacial score (nSPS) is 16.8. The zero-order chi connectivity index (χ0) is 12.6. The number of ketones is 2. The van der Waals surface area contributed by atoms with E-state index in [9.17, 15) is 14.4 Å². The fourth-order valence-corrected chi connectivity index (χ4v) is 2.31. The van der Waals surface area contributed by atoms with Crippen molar-refractivity contribution in [2.75, 3.05) is 6.61 Å². The molecule has 17 heavy (non-hydrogen) atoms. The first kappa shape index (κ1) is 12.0. The van der Waals surface area contributed by atoms with Gasteiger partial charge in [-0.25, -0.2) is 4.79 Å². The Hall–Kier alpha value is -1.49. The lowest BCUT2D eigenvalue weighted by atomic mass is 10.0. The number of benzene rings is 1. The molecule has 0 saturated heterocycles. The molecule has 0 amide bonds. The van der Waals surface area contributed by atoms with Crippen molar-refractivity contribution in [1.82, 2.24) is 0 Å². The second kappa shape index (κ2) is 4.07. The van der Waals surface area contributed by atoms with Gasteiger partial charge in [-0.05, 0) is 6.92 Å². The summed E-state index contributed by atoms with van der Waals surface area (Å²) in [5, 5.41) is 0. The van der Waals surface area contributed by atoms with Crippen molar-refractivity contribution in [1.29, 1.82) is 0 Å². The predicted octanol–water partition coefficient (Wildman–Crippen LogP) is 1.76. The molecule has 1 aromatic carbocycles. The SMILES string of the molecule is CCOC(=O)C1(Br)C(=O)c2ccccc2C1=O. The summed E-state index contributed by atoms with van der Waals surface area (Å²) in [6, 6.07) is 6.34. The second-order valence-electron chi connectivity index (χ2n) is 3.58. The predicted molar refractivity (Wildman–Crippen MR) is 63.4 cm³/mol. The van der Waals surface area contributed by atoms with Crippen LogP contribution in [0.3, 0.4) is 0 Å². The largest absolute Gasteiger partial charge is 0.464 e. The average molecular weight is 297 g/mol. The maximum atomic E-state index is 12.1. The summed E-state index contributed by atoms with van der Waals surface area (Å²) >= 11 is 2.95. The number of carbonyl (C=O) groups is 3. The second-order valence-corrected chi connectivity index (χ2v) is 4.77. The van der Waals surface area contributed by atoms with Gasteiger partial charge in [0.05, 0.1) is 6.61 Å². The Morgan fingerprint density at radius 3 is 2.12 bits per heavy atom. The molecule has 0 N–H and O–H groups in total. The molecule has 0 saturated carbocycles. The number of fused-ring (bicyclic) bond motifs is 1. The zero-order valence-corrected chi connectivity index (χ0v) is 10.6. The molecule has 2 rings (SSSR count). The van der Waals surface area contributed by atoms with Gasteiger partial charge in [0.1, 0.15) is 0 Å². The van der Waals surface area contributed by atoms with E-state index in [-0.39, 0.29) is 17.7 Å². The summed E-state index contributed by atoms with van der Waals surface area (Å²) in [6.07, 6.45) is 0. The summed E-state index contributed by atoms with van der Waals surface area (Å²) in [5.41, 5.74) is 0.504. The number of alkyl halides is 1. The molecule has 1 aromatic rings. The van der Waals surface area contributed by atoms with Gasteiger partial charge in [-0.3, -0.25) is 9.59 Å². The summed E-state index contributed by atoms with van der Waals surface area (Å²) in [5.74, 6) is -1.97. The average Bonchev–Trinajstić information content (AvgIpc) is 2.54. The fraction of sp³-hybridized carbons (Fsp3) is 0.250. The molecule has 4 nitrogen and oxygen atoms in total. The van der Waals surface area contributed by atoms with Gasteiger partial charge in [-0.1, -0.05) is 40.2 Å². The number of halogens is 1. The van der Waals surface area contributed by atoms with E-state index in [0.29, 0.717) is 0 Å². The van der Waals surface area contributed by atoms with Crippen LogP contribution in [0.15, 0.2) is 24.3 Å². The van der Waals surface area contributed by atoms with Crippen LogP contribution in [0.2, 0.25) is 0 Å². The van der Waals surface area contributed by atoms with Crippen molar-refractivity contribution in [2.45, 2.75) is 11.2 Å². The number of Topliss-reactive ketones (excluding diaryl/α,β-unsaturated/α-hetero) is 2. The van der Waals surface area contributed by atoms with Gasteiger partial charge in [0, 0.05) is 11.1 Å². The highest BCUT2D eigenvalue weighted by Gasteiger charge is 2.58. The van der Waals surface area contributed by atoms with Crippen LogP contribution in [0, 0.1) is 0 Å². The van der Waals surface area contributed by atoms with Gasteiger partial charge in [0.25, 0.3) is 0 Å². The number of hydrogen-bond acceptors (Lipinski definition) is 4. The third kappa shape index (κ3) is 1.53. The van der Waals surface area contributed by atoms with Crippen LogP contribution >= 0.6 is 15.9 Å². The van der Waals surface area contributed by atoms with Crippen molar-refractivity contribution in [3.63, 3.8) is 0 Å². The van der Waals surface area contributed by atoms with Crippen molar-refractivity contribution in [3.8, 4) is 0 Å². The lowest BCUT2D eigenvalue weighted by Gasteiger charge is -2.15. The van der Waals surface area contributed by atoms with Crippen molar-refractivity contribution in [3.05, 3.63) is 35.4 Å². The molecule has 0 aliphatic heterocycles. The maximum Gasteiger partial charge on any atom is 0.339 e. The van der Waals surface area contributed by atoms with Crippen LogP contribution in [-0.2, 0) is 9.53 Å². The molecule has 1 aliphatic carbocycles.